The predicted molar refractivity (Wildman–Crippen MR) is 70.1 cm³/mol. The third-order valence-corrected chi connectivity index (χ3v) is 3.88. The van der Waals surface area contributed by atoms with Crippen LogP contribution in [-0.2, 0) is 9.59 Å². The Morgan fingerprint density at radius 1 is 1.06 bits per heavy atom. The van der Waals surface area contributed by atoms with Crippen molar-refractivity contribution in [2.45, 2.75) is 32.9 Å². The number of carbonyl (C=O) groups excluding carboxylic acids is 2. The summed E-state index contributed by atoms with van der Waals surface area (Å²) in [6, 6.07) is 9.73. The minimum absolute atomic E-state index is 0.0421. The molecule has 2 rings (SSSR count). The predicted octanol–water partition coefficient (Wildman–Crippen LogP) is 2.13. The van der Waals surface area contributed by atoms with Gasteiger partial charge in [0.2, 0.25) is 0 Å². The first kappa shape index (κ1) is 13.0. The van der Waals surface area contributed by atoms with Crippen molar-refractivity contribution >= 4 is 11.6 Å². The molecule has 0 aliphatic carbocycles. The standard InChI is InChI=1S/C15H19NO2/c1-9-13(10(2)17)15(11(3)18)16-14(9)12-7-5-4-6-8-12/h4-9,13-16H,1-3H3/t9-,13-,14-,15-/m1/s1. The van der Waals surface area contributed by atoms with Crippen molar-refractivity contribution < 1.29 is 9.59 Å². The average Bonchev–Trinajstić information content (AvgIpc) is 2.68. The topological polar surface area (TPSA) is 46.2 Å². The summed E-state index contributed by atoms with van der Waals surface area (Å²) in [5, 5.41) is 3.32. The normalized spacial score (nSPS) is 31.3. The zero-order valence-corrected chi connectivity index (χ0v) is 11.0. The quantitative estimate of drug-likeness (QED) is 0.887. The minimum Gasteiger partial charge on any atom is -0.300 e. The molecule has 3 nitrogen and oxygen atoms in total. The molecule has 1 aliphatic heterocycles. The van der Waals surface area contributed by atoms with Crippen molar-refractivity contribution in [3.63, 3.8) is 0 Å². The van der Waals surface area contributed by atoms with Gasteiger partial charge in [0.25, 0.3) is 0 Å². The summed E-state index contributed by atoms with van der Waals surface area (Å²) in [5.74, 6) is 0.0561. The van der Waals surface area contributed by atoms with Crippen molar-refractivity contribution in [3.8, 4) is 0 Å². The van der Waals surface area contributed by atoms with E-state index in [9.17, 15) is 9.59 Å². The van der Waals surface area contributed by atoms with Crippen LogP contribution >= 0.6 is 0 Å². The van der Waals surface area contributed by atoms with E-state index in [1.54, 1.807) is 13.8 Å². The average molecular weight is 245 g/mol. The van der Waals surface area contributed by atoms with E-state index in [0.29, 0.717) is 0 Å². The molecule has 0 aromatic heterocycles. The van der Waals surface area contributed by atoms with Crippen LogP contribution < -0.4 is 5.32 Å². The minimum atomic E-state index is -0.345. The van der Waals surface area contributed by atoms with Gasteiger partial charge in [-0.2, -0.15) is 0 Å². The summed E-state index contributed by atoms with van der Waals surface area (Å²) >= 11 is 0. The van der Waals surface area contributed by atoms with Crippen LogP contribution in [0.4, 0.5) is 0 Å². The molecule has 1 heterocycles. The summed E-state index contributed by atoms with van der Waals surface area (Å²) < 4.78 is 0. The van der Waals surface area contributed by atoms with Gasteiger partial charge >= 0.3 is 0 Å². The van der Waals surface area contributed by atoms with Crippen molar-refractivity contribution in [2.24, 2.45) is 11.8 Å². The molecule has 96 valence electrons. The summed E-state index contributed by atoms with van der Waals surface area (Å²) in [6.07, 6.45) is 0. The highest BCUT2D eigenvalue weighted by molar-refractivity contribution is 5.91. The fraction of sp³-hybridized carbons (Fsp3) is 0.467. The van der Waals surface area contributed by atoms with E-state index in [1.165, 1.54) is 0 Å². The fourth-order valence-corrected chi connectivity index (χ4v) is 3.00. The van der Waals surface area contributed by atoms with Gasteiger partial charge in [0, 0.05) is 12.0 Å². The number of hydrogen-bond donors (Lipinski definition) is 1. The van der Waals surface area contributed by atoms with Crippen LogP contribution in [0.2, 0.25) is 0 Å². The number of hydrogen-bond acceptors (Lipinski definition) is 3. The number of carbonyl (C=O) groups is 2. The number of Topliss-reactive ketones (excluding diaryl/α,β-unsaturated/α-hetero) is 2. The van der Waals surface area contributed by atoms with Gasteiger partial charge in [-0.1, -0.05) is 37.3 Å². The number of nitrogens with one attached hydrogen (secondary N) is 1. The molecular formula is C15H19NO2. The van der Waals surface area contributed by atoms with Gasteiger partial charge in [0.1, 0.15) is 11.6 Å². The van der Waals surface area contributed by atoms with Crippen LogP contribution in [0.3, 0.4) is 0 Å². The zero-order chi connectivity index (χ0) is 13.3. The maximum absolute atomic E-state index is 11.8. The molecule has 0 unspecified atom stereocenters. The Labute approximate surface area is 108 Å². The van der Waals surface area contributed by atoms with E-state index in [2.05, 4.69) is 5.32 Å². The van der Waals surface area contributed by atoms with Crippen LogP contribution in [0, 0.1) is 11.8 Å². The molecule has 1 aromatic rings. The molecule has 0 bridgehead atoms. The Bertz CT molecular complexity index is 455. The molecule has 0 amide bonds. The van der Waals surface area contributed by atoms with Gasteiger partial charge in [0.15, 0.2) is 0 Å². The van der Waals surface area contributed by atoms with E-state index in [-0.39, 0.29) is 35.5 Å². The molecule has 4 atom stereocenters. The molecule has 0 radical (unpaired) electrons. The second-order valence-corrected chi connectivity index (χ2v) is 5.14. The molecular weight excluding hydrogens is 226 g/mol. The highest BCUT2D eigenvalue weighted by Gasteiger charge is 2.45. The maximum Gasteiger partial charge on any atom is 0.147 e. The number of ketones is 2. The lowest BCUT2D eigenvalue weighted by Crippen LogP contribution is -2.37. The first-order valence-electron chi connectivity index (χ1n) is 6.34. The van der Waals surface area contributed by atoms with Gasteiger partial charge in [-0.3, -0.25) is 14.9 Å². The maximum atomic E-state index is 11.8. The highest BCUT2D eigenvalue weighted by Crippen LogP contribution is 2.37. The number of benzene rings is 1. The van der Waals surface area contributed by atoms with Crippen LogP contribution in [-0.4, -0.2) is 17.6 Å². The van der Waals surface area contributed by atoms with Crippen molar-refractivity contribution in [1.82, 2.24) is 5.32 Å². The van der Waals surface area contributed by atoms with Crippen molar-refractivity contribution in [3.05, 3.63) is 35.9 Å². The van der Waals surface area contributed by atoms with Crippen LogP contribution in [0.25, 0.3) is 0 Å². The van der Waals surface area contributed by atoms with Gasteiger partial charge in [-0.05, 0) is 25.3 Å². The Hall–Kier alpha value is -1.48. The van der Waals surface area contributed by atoms with E-state index in [1.807, 2.05) is 37.3 Å². The lowest BCUT2D eigenvalue weighted by atomic mass is 9.83. The fourth-order valence-electron chi connectivity index (χ4n) is 3.00. The van der Waals surface area contributed by atoms with Crippen LogP contribution in [0.15, 0.2) is 30.3 Å². The molecule has 1 saturated heterocycles. The molecule has 0 spiro atoms. The molecule has 1 aliphatic rings. The molecule has 1 fully saturated rings. The molecule has 1 N–H and O–H groups in total. The monoisotopic (exact) mass is 245 g/mol. The second-order valence-electron chi connectivity index (χ2n) is 5.14. The molecule has 1 aromatic carbocycles. The van der Waals surface area contributed by atoms with Gasteiger partial charge in [-0.15, -0.1) is 0 Å². The van der Waals surface area contributed by atoms with Crippen molar-refractivity contribution in [2.75, 3.05) is 0 Å². The van der Waals surface area contributed by atoms with Gasteiger partial charge in [-0.25, -0.2) is 0 Å². The summed E-state index contributed by atoms with van der Waals surface area (Å²) in [5.41, 5.74) is 1.14. The third-order valence-electron chi connectivity index (χ3n) is 3.88. The summed E-state index contributed by atoms with van der Waals surface area (Å²) in [6.45, 7) is 5.17. The lowest BCUT2D eigenvalue weighted by Gasteiger charge is -2.18. The Morgan fingerprint density at radius 3 is 2.11 bits per heavy atom. The second kappa shape index (κ2) is 5.02. The Balaban J connectivity index is 2.31. The first-order chi connectivity index (χ1) is 8.52. The number of rotatable bonds is 3. The zero-order valence-electron chi connectivity index (χ0n) is 11.0. The Morgan fingerprint density at radius 2 is 1.67 bits per heavy atom. The SMILES string of the molecule is CC(=O)[C@H]1[C@@H](C)[C@H](c2ccccc2)N[C@@H]1C(C)=O. The Kier molecular flexibility index (Phi) is 3.62. The first-order valence-corrected chi connectivity index (χ1v) is 6.34. The smallest absolute Gasteiger partial charge is 0.147 e. The highest BCUT2D eigenvalue weighted by atomic mass is 16.1. The third kappa shape index (κ3) is 2.23. The molecule has 18 heavy (non-hydrogen) atoms. The van der Waals surface area contributed by atoms with Crippen LogP contribution in [0.5, 0.6) is 0 Å². The summed E-state index contributed by atoms with van der Waals surface area (Å²) in [4.78, 5) is 23.4. The summed E-state index contributed by atoms with van der Waals surface area (Å²) in [7, 11) is 0. The molecule has 0 saturated carbocycles. The van der Waals surface area contributed by atoms with Crippen LogP contribution in [0.1, 0.15) is 32.4 Å². The van der Waals surface area contributed by atoms with E-state index < -0.39 is 0 Å². The molecule has 3 heteroatoms. The van der Waals surface area contributed by atoms with Gasteiger partial charge < -0.3 is 0 Å². The van der Waals surface area contributed by atoms with E-state index in [4.69, 9.17) is 0 Å². The van der Waals surface area contributed by atoms with E-state index >= 15 is 0 Å². The largest absolute Gasteiger partial charge is 0.300 e. The van der Waals surface area contributed by atoms with E-state index in [0.717, 1.165) is 5.56 Å². The van der Waals surface area contributed by atoms with Gasteiger partial charge in [0.05, 0.1) is 6.04 Å². The van der Waals surface area contributed by atoms with Crippen molar-refractivity contribution in [1.29, 1.82) is 0 Å². The lowest BCUT2D eigenvalue weighted by molar-refractivity contribution is -0.127.